The second kappa shape index (κ2) is 6.72. The standard InChI is InChI=1S/C18H23N3/c1-2-19-18-8-7-15(13-20-18)14-21-11-9-16-5-3-4-6-17(16)10-12-21/h3-8,13H,2,9-12,14H2,1H3,(H,19,20). The maximum atomic E-state index is 4.46. The molecule has 1 N–H and O–H groups in total. The first-order valence-corrected chi connectivity index (χ1v) is 7.83. The Bertz CT molecular complexity index is 550. The fourth-order valence-corrected chi connectivity index (χ4v) is 2.93. The van der Waals surface area contributed by atoms with E-state index in [2.05, 4.69) is 58.5 Å². The highest BCUT2D eigenvalue weighted by molar-refractivity contribution is 5.35. The van der Waals surface area contributed by atoms with Crippen molar-refractivity contribution in [2.45, 2.75) is 26.3 Å². The zero-order valence-corrected chi connectivity index (χ0v) is 12.7. The molecule has 1 aromatic heterocycles. The summed E-state index contributed by atoms with van der Waals surface area (Å²) in [6.07, 6.45) is 4.30. The molecule has 2 heterocycles. The fraction of sp³-hybridized carbons (Fsp3) is 0.389. The molecule has 0 bridgehead atoms. The molecule has 3 nitrogen and oxygen atoms in total. The van der Waals surface area contributed by atoms with E-state index in [9.17, 15) is 0 Å². The summed E-state index contributed by atoms with van der Waals surface area (Å²) in [4.78, 5) is 6.99. The van der Waals surface area contributed by atoms with Gasteiger partial charge in [0.05, 0.1) is 0 Å². The average Bonchev–Trinajstić information content (AvgIpc) is 2.72. The minimum Gasteiger partial charge on any atom is -0.370 e. The Balaban J connectivity index is 1.61. The third-order valence-electron chi connectivity index (χ3n) is 4.10. The molecule has 0 saturated carbocycles. The lowest BCUT2D eigenvalue weighted by Gasteiger charge is -2.19. The van der Waals surface area contributed by atoms with Crippen molar-refractivity contribution < 1.29 is 0 Å². The maximum absolute atomic E-state index is 4.46. The summed E-state index contributed by atoms with van der Waals surface area (Å²) in [5.74, 6) is 0.963. The molecule has 0 aliphatic carbocycles. The van der Waals surface area contributed by atoms with E-state index < -0.39 is 0 Å². The van der Waals surface area contributed by atoms with Crippen LogP contribution in [-0.2, 0) is 19.4 Å². The van der Waals surface area contributed by atoms with E-state index in [0.717, 1.165) is 44.8 Å². The van der Waals surface area contributed by atoms with Crippen LogP contribution in [0, 0.1) is 0 Å². The average molecular weight is 281 g/mol. The quantitative estimate of drug-likeness (QED) is 0.933. The van der Waals surface area contributed by atoms with Crippen LogP contribution in [-0.4, -0.2) is 29.5 Å². The number of benzene rings is 1. The summed E-state index contributed by atoms with van der Waals surface area (Å²) in [6.45, 7) is 6.26. The number of rotatable bonds is 4. The third kappa shape index (κ3) is 3.61. The Morgan fingerprint density at radius 1 is 1.05 bits per heavy atom. The summed E-state index contributed by atoms with van der Waals surface area (Å²) in [5, 5.41) is 3.24. The molecule has 1 aromatic carbocycles. The molecule has 0 spiro atoms. The normalized spacial score (nSPS) is 15.3. The highest BCUT2D eigenvalue weighted by Gasteiger charge is 2.13. The van der Waals surface area contributed by atoms with Gasteiger partial charge >= 0.3 is 0 Å². The van der Waals surface area contributed by atoms with Crippen LogP contribution < -0.4 is 5.32 Å². The zero-order valence-electron chi connectivity index (χ0n) is 12.7. The monoisotopic (exact) mass is 281 g/mol. The van der Waals surface area contributed by atoms with E-state index in [0.29, 0.717) is 0 Å². The van der Waals surface area contributed by atoms with Crippen molar-refractivity contribution in [1.29, 1.82) is 0 Å². The molecule has 1 aliphatic heterocycles. The van der Waals surface area contributed by atoms with Crippen molar-refractivity contribution in [3.05, 3.63) is 59.3 Å². The van der Waals surface area contributed by atoms with Crippen LogP contribution in [0.5, 0.6) is 0 Å². The van der Waals surface area contributed by atoms with Crippen LogP contribution in [0.25, 0.3) is 0 Å². The van der Waals surface area contributed by atoms with Crippen molar-refractivity contribution in [1.82, 2.24) is 9.88 Å². The molecule has 0 atom stereocenters. The minimum absolute atomic E-state index is 0.913. The SMILES string of the molecule is CCNc1ccc(CN2CCc3ccccc3CC2)cn1. The lowest BCUT2D eigenvalue weighted by atomic mass is 10.0. The van der Waals surface area contributed by atoms with Crippen LogP contribution in [0.1, 0.15) is 23.6 Å². The van der Waals surface area contributed by atoms with E-state index >= 15 is 0 Å². The Morgan fingerprint density at radius 2 is 1.76 bits per heavy atom. The van der Waals surface area contributed by atoms with Crippen molar-refractivity contribution >= 4 is 5.82 Å². The van der Waals surface area contributed by atoms with Gasteiger partial charge in [0.15, 0.2) is 0 Å². The van der Waals surface area contributed by atoms with Crippen molar-refractivity contribution in [3.63, 3.8) is 0 Å². The van der Waals surface area contributed by atoms with Crippen LogP contribution in [0.2, 0.25) is 0 Å². The lowest BCUT2D eigenvalue weighted by molar-refractivity contribution is 0.279. The van der Waals surface area contributed by atoms with Crippen LogP contribution in [0.15, 0.2) is 42.6 Å². The van der Waals surface area contributed by atoms with Gasteiger partial charge in [-0.3, -0.25) is 4.90 Å². The summed E-state index contributed by atoms with van der Waals surface area (Å²) in [6, 6.07) is 13.1. The van der Waals surface area contributed by atoms with Crippen molar-refractivity contribution in [2.24, 2.45) is 0 Å². The van der Waals surface area contributed by atoms with Gasteiger partial charge in [0.1, 0.15) is 5.82 Å². The first-order chi connectivity index (χ1) is 10.3. The summed E-state index contributed by atoms with van der Waals surface area (Å²) in [5.41, 5.74) is 4.32. The maximum Gasteiger partial charge on any atom is 0.125 e. The van der Waals surface area contributed by atoms with E-state index in [-0.39, 0.29) is 0 Å². The van der Waals surface area contributed by atoms with Crippen LogP contribution in [0.4, 0.5) is 5.82 Å². The Morgan fingerprint density at radius 3 is 2.33 bits per heavy atom. The Hall–Kier alpha value is -1.87. The van der Waals surface area contributed by atoms with Gasteiger partial charge < -0.3 is 5.32 Å². The molecule has 2 aromatic rings. The molecule has 0 amide bonds. The first kappa shape index (κ1) is 14.1. The predicted molar refractivity (Wildman–Crippen MR) is 87.5 cm³/mol. The van der Waals surface area contributed by atoms with Crippen LogP contribution >= 0.6 is 0 Å². The van der Waals surface area contributed by atoms with Gasteiger partial charge in [0.25, 0.3) is 0 Å². The van der Waals surface area contributed by atoms with E-state index in [1.165, 1.54) is 16.7 Å². The van der Waals surface area contributed by atoms with Crippen LogP contribution in [0.3, 0.4) is 0 Å². The fourth-order valence-electron chi connectivity index (χ4n) is 2.93. The highest BCUT2D eigenvalue weighted by Crippen LogP contribution is 2.17. The van der Waals surface area contributed by atoms with E-state index in [4.69, 9.17) is 0 Å². The number of hydrogen-bond donors (Lipinski definition) is 1. The highest BCUT2D eigenvalue weighted by atomic mass is 15.1. The first-order valence-electron chi connectivity index (χ1n) is 7.83. The van der Waals surface area contributed by atoms with E-state index in [1.54, 1.807) is 0 Å². The van der Waals surface area contributed by atoms with Gasteiger partial charge in [-0.2, -0.15) is 0 Å². The summed E-state index contributed by atoms with van der Waals surface area (Å²) >= 11 is 0. The number of hydrogen-bond acceptors (Lipinski definition) is 3. The summed E-state index contributed by atoms with van der Waals surface area (Å²) < 4.78 is 0. The number of anilines is 1. The molecule has 3 heteroatoms. The second-order valence-electron chi connectivity index (χ2n) is 5.63. The molecule has 21 heavy (non-hydrogen) atoms. The number of fused-ring (bicyclic) bond motifs is 1. The molecular weight excluding hydrogens is 258 g/mol. The molecule has 0 saturated heterocycles. The number of pyridine rings is 1. The van der Waals surface area contributed by atoms with Crippen molar-refractivity contribution in [3.8, 4) is 0 Å². The summed E-state index contributed by atoms with van der Waals surface area (Å²) in [7, 11) is 0. The largest absolute Gasteiger partial charge is 0.370 e. The van der Waals surface area contributed by atoms with Gasteiger partial charge in [-0.05, 0) is 42.5 Å². The minimum atomic E-state index is 0.913. The number of nitrogens with zero attached hydrogens (tertiary/aromatic N) is 2. The smallest absolute Gasteiger partial charge is 0.125 e. The zero-order chi connectivity index (χ0) is 14.5. The molecule has 0 unspecified atom stereocenters. The Labute approximate surface area is 127 Å². The van der Waals surface area contributed by atoms with Gasteiger partial charge in [-0.15, -0.1) is 0 Å². The topological polar surface area (TPSA) is 28.2 Å². The second-order valence-corrected chi connectivity index (χ2v) is 5.63. The molecule has 3 rings (SSSR count). The van der Waals surface area contributed by atoms with Gasteiger partial charge in [0.2, 0.25) is 0 Å². The lowest BCUT2D eigenvalue weighted by Crippen LogP contribution is -2.26. The molecule has 110 valence electrons. The molecule has 1 aliphatic rings. The van der Waals surface area contributed by atoms with Gasteiger partial charge in [-0.1, -0.05) is 30.3 Å². The number of nitrogens with one attached hydrogen (secondary N) is 1. The van der Waals surface area contributed by atoms with E-state index in [1.807, 2.05) is 6.20 Å². The Kier molecular flexibility index (Phi) is 4.51. The van der Waals surface area contributed by atoms with Crippen molar-refractivity contribution in [2.75, 3.05) is 25.0 Å². The predicted octanol–water partition coefficient (Wildman–Crippen LogP) is 3.11. The molecule has 0 radical (unpaired) electrons. The van der Waals surface area contributed by atoms with Gasteiger partial charge in [0, 0.05) is 32.4 Å². The molecular formula is C18H23N3. The van der Waals surface area contributed by atoms with Gasteiger partial charge in [-0.25, -0.2) is 4.98 Å². The third-order valence-corrected chi connectivity index (χ3v) is 4.10. The molecule has 0 fully saturated rings. The number of aromatic nitrogens is 1.